The lowest BCUT2D eigenvalue weighted by Crippen LogP contribution is -2.30. The zero-order chi connectivity index (χ0) is 14.8. The van der Waals surface area contributed by atoms with Gasteiger partial charge in [0.2, 0.25) is 10.0 Å². The molecule has 1 aliphatic rings. The van der Waals surface area contributed by atoms with Gasteiger partial charge in [-0.3, -0.25) is 0 Å². The Kier molecular flexibility index (Phi) is 4.36. The third-order valence-corrected chi connectivity index (χ3v) is 5.49. The highest BCUT2D eigenvalue weighted by Crippen LogP contribution is 2.48. The van der Waals surface area contributed by atoms with Gasteiger partial charge < -0.3 is 9.84 Å². The van der Waals surface area contributed by atoms with Gasteiger partial charge in [0.05, 0.1) is 13.7 Å². The summed E-state index contributed by atoms with van der Waals surface area (Å²) in [6.07, 6.45) is 3.13. The van der Waals surface area contributed by atoms with E-state index in [1.165, 1.54) is 13.2 Å². The second kappa shape index (κ2) is 5.71. The Balaban J connectivity index is 2.20. The second-order valence-electron chi connectivity index (χ2n) is 5.32. The summed E-state index contributed by atoms with van der Waals surface area (Å²) in [5.74, 6) is 0.255. The van der Waals surface area contributed by atoms with Gasteiger partial charge in [-0.25, -0.2) is 13.1 Å². The van der Waals surface area contributed by atoms with Crippen LogP contribution in [0.5, 0.6) is 5.75 Å². The van der Waals surface area contributed by atoms with E-state index in [2.05, 4.69) is 11.6 Å². The Hall–Kier alpha value is -1.11. The van der Waals surface area contributed by atoms with E-state index in [9.17, 15) is 8.42 Å². The average molecular weight is 299 g/mol. The lowest BCUT2D eigenvalue weighted by atomic mass is 10.1. The normalized spacial score (nSPS) is 16.9. The van der Waals surface area contributed by atoms with Gasteiger partial charge in [-0.1, -0.05) is 13.0 Å². The molecule has 6 heteroatoms. The highest BCUT2D eigenvalue weighted by Gasteiger charge is 2.41. The fraction of sp³-hybridized carbons (Fsp3) is 0.571. The van der Waals surface area contributed by atoms with E-state index in [4.69, 9.17) is 9.84 Å². The van der Waals surface area contributed by atoms with Crippen LogP contribution >= 0.6 is 0 Å². The SMILES string of the molecule is CCC1(CNS(=O)(=O)c2ccc(CO)cc2OC)CC1. The molecule has 0 aromatic heterocycles. The summed E-state index contributed by atoms with van der Waals surface area (Å²) < 4.78 is 32.5. The van der Waals surface area contributed by atoms with Crippen molar-refractivity contribution in [2.75, 3.05) is 13.7 Å². The van der Waals surface area contributed by atoms with E-state index in [0.29, 0.717) is 12.1 Å². The van der Waals surface area contributed by atoms with Crippen LogP contribution in [0.15, 0.2) is 23.1 Å². The molecule has 0 radical (unpaired) electrons. The number of hydrogen-bond donors (Lipinski definition) is 2. The number of nitrogens with one attached hydrogen (secondary N) is 1. The molecule has 0 bridgehead atoms. The molecule has 1 aromatic rings. The zero-order valence-electron chi connectivity index (χ0n) is 11.8. The number of ether oxygens (including phenoxy) is 1. The van der Waals surface area contributed by atoms with E-state index >= 15 is 0 Å². The number of aliphatic hydroxyl groups excluding tert-OH is 1. The van der Waals surface area contributed by atoms with Gasteiger partial charge in [-0.05, 0) is 42.4 Å². The number of sulfonamides is 1. The Morgan fingerprint density at radius 1 is 1.40 bits per heavy atom. The summed E-state index contributed by atoms with van der Waals surface area (Å²) in [6.45, 7) is 2.40. The second-order valence-corrected chi connectivity index (χ2v) is 7.06. The lowest BCUT2D eigenvalue weighted by Gasteiger charge is -2.15. The smallest absolute Gasteiger partial charge is 0.244 e. The minimum Gasteiger partial charge on any atom is -0.495 e. The largest absolute Gasteiger partial charge is 0.495 e. The molecule has 1 aromatic carbocycles. The first kappa shape index (κ1) is 15.3. The molecule has 1 saturated carbocycles. The van der Waals surface area contributed by atoms with Crippen molar-refractivity contribution in [2.45, 2.75) is 37.7 Å². The Bertz CT molecular complexity index is 579. The van der Waals surface area contributed by atoms with Crippen molar-refractivity contribution in [1.82, 2.24) is 4.72 Å². The van der Waals surface area contributed by atoms with E-state index in [1.807, 2.05) is 0 Å². The summed E-state index contributed by atoms with van der Waals surface area (Å²) in [5, 5.41) is 9.08. The van der Waals surface area contributed by atoms with Crippen molar-refractivity contribution in [1.29, 1.82) is 0 Å². The van der Waals surface area contributed by atoms with Crippen molar-refractivity contribution >= 4 is 10.0 Å². The van der Waals surface area contributed by atoms with Gasteiger partial charge >= 0.3 is 0 Å². The Morgan fingerprint density at radius 2 is 2.10 bits per heavy atom. The molecule has 112 valence electrons. The quantitative estimate of drug-likeness (QED) is 0.803. The summed E-state index contributed by atoms with van der Waals surface area (Å²) in [5.41, 5.74) is 0.763. The van der Waals surface area contributed by atoms with E-state index in [1.54, 1.807) is 12.1 Å². The fourth-order valence-electron chi connectivity index (χ4n) is 2.19. The Morgan fingerprint density at radius 3 is 2.60 bits per heavy atom. The van der Waals surface area contributed by atoms with Gasteiger partial charge in [0.25, 0.3) is 0 Å². The molecular weight excluding hydrogens is 278 g/mol. The van der Waals surface area contributed by atoms with Crippen LogP contribution in [-0.4, -0.2) is 27.2 Å². The van der Waals surface area contributed by atoms with Crippen LogP contribution in [0.1, 0.15) is 31.7 Å². The summed E-state index contributed by atoms with van der Waals surface area (Å²) in [4.78, 5) is 0.115. The Labute approximate surface area is 120 Å². The molecule has 2 rings (SSSR count). The van der Waals surface area contributed by atoms with Crippen LogP contribution in [0.2, 0.25) is 0 Å². The zero-order valence-corrected chi connectivity index (χ0v) is 12.7. The number of hydrogen-bond acceptors (Lipinski definition) is 4. The maximum atomic E-state index is 12.3. The maximum Gasteiger partial charge on any atom is 0.244 e. The van der Waals surface area contributed by atoms with Crippen LogP contribution in [-0.2, 0) is 16.6 Å². The van der Waals surface area contributed by atoms with Crippen LogP contribution in [0.4, 0.5) is 0 Å². The molecular formula is C14H21NO4S. The molecule has 5 nitrogen and oxygen atoms in total. The number of aliphatic hydroxyl groups is 1. The fourth-order valence-corrected chi connectivity index (χ4v) is 3.50. The van der Waals surface area contributed by atoms with Crippen LogP contribution < -0.4 is 9.46 Å². The summed E-state index contributed by atoms with van der Waals surface area (Å²) in [7, 11) is -2.17. The maximum absolute atomic E-state index is 12.3. The first-order valence-corrected chi connectivity index (χ1v) is 8.22. The molecule has 0 saturated heterocycles. The monoisotopic (exact) mass is 299 g/mol. The van der Waals surface area contributed by atoms with E-state index < -0.39 is 10.0 Å². The molecule has 1 fully saturated rings. The summed E-state index contributed by atoms with van der Waals surface area (Å²) in [6, 6.07) is 4.60. The third kappa shape index (κ3) is 3.13. The minimum atomic E-state index is -3.59. The van der Waals surface area contributed by atoms with Crippen LogP contribution in [0.3, 0.4) is 0 Å². The number of methoxy groups -OCH3 is 1. The molecule has 0 atom stereocenters. The van der Waals surface area contributed by atoms with Gasteiger partial charge in [0.1, 0.15) is 10.6 Å². The van der Waals surface area contributed by atoms with E-state index in [-0.39, 0.29) is 22.7 Å². The van der Waals surface area contributed by atoms with Crippen molar-refractivity contribution in [2.24, 2.45) is 5.41 Å². The van der Waals surface area contributed by atoms with Crippen molar-refractivity contribution in [3.63, 3.8) is 0 Å². The molecule has 0 amide bonds. The van der Waals surface area contributed by atoms with Crippen molar-refractivity contribution in [3.05, 3.63) is 23.8 Å². The molecule has 0 heterocycles. The predicted molar refractivity (Wildman–Crippen MR) is 76.1 cm³/mol. The highest BCUT2D eigenvalue weighted by atomic mass is 32.2. The van der Waals surface area contributed by atoms with Crippen molar-refractivity contribution in [3.8, 4) is 5.75 Å². The standard InChI is InChI=1S/C14H21NO4S/c1-3-14(6-7-14)10-15-20(17,18)13-5-4-11(9-16)8-12(13)19-2/h4-5,8,15-16H,3,6-7,9-10H2,1-2H3. The molecule has 0 unspecified atom stereocenters. The first-order chi connectivity index (χ1) is 9.46. The predicted octanol–water partition coefficient (Wildman–Crippen LogP) is 1.66. The topological polar surface area (TPSA) is 75.6 Å². The van der Waals surface area contributed by atoms with Gasteiger partial charge in [0, 0.05) is 6.54 Å². The molecule has 0 aliphatic heterocycles. The minimum absolute atomic E-state index is 0.115. The van der Waals surface area contributed by atoms with Gasteiger partial charge in [-0.2, -0.15) is 0 Å². The van der Waals surface area contributed by atoms with Gasteiger partial charge in [0.15, 0.2) is 0 Å². The van der Waals surface area contributed by atoms with Crippen LogP contribution in [0.25, 0.3) is 0 Å². The molecule has 20 heavy (non-hydrogen) atoms. The average Bonchev–Trinajstić information content (AvgIpc) is 3.25. The summed E-state index contributed by atoms with van der Waals surface area (Å²) >= 11 is 0. The molecule has 2 N–H and O–H groups in total. The van der Waals surface area contributed by atoms with Crippen LogP contribution in [0, 0.1) is 5.41 Å². The van der Waals surface area contributed by atoms with Crippen molar-refractivity contribution < 1.29 is 18.3 Å². The third-order valence-electron chi connectivity index (χ3n) is 4.04. The number of benzene rings is 1. The number of rotatable bonds is 7. The van der Waals surface area contributed by atoms with E-state index in [0.717, 1.165) is 19.3 Å². The highest BCUT2D eigenvalue weighted by molar-refractivity contribution is 7.89. The molecule has 0 spiro atoms. The lowest BCUT2D eigenvalue weighted by molar-refractivity contribution is 0.280. The molecule has 1 aliphatic carbocycles. The van der Waals surface area contributed by atoms with Gasteiger partial charge in [-0.15, -0.1) is 0 Å². The first-order valence-electron chi connectivity index (χ1n) is 6.74.